The van der Waals surface area contributed by atoms with Crippen LogP contribution in [-0.4, -0.2) is 26.8 Å². The maximum Gasteiger partial charge on any atom is 0.181 e. The Bertz CT molecular complexity index is 574. The van der Waals surface area contributed by atoms with E-state index in [0.717, 1.165) is 24.6 Å². The van der Waals surface area contributed by atoms with E-state index in [9.17, 15) is 17.2 Å². The molecule has 19 heavy (non-hydrogen) atoms. The van der Waals surface area contributed by atoms with E-state index in [1.54, 1.807) is 7.05 Å². The molecule has 6 heteroatoms. The van der Waals surface area contributed by atoms with Gasteiger partial charge in [0.05, 0.1) is 10.1 Å². The molecule has 1 saturated carbocycles. The third kappa shape index (κ3) is 2.51. The van der Waals surface area contributed by atoms with E-state index in [0.29, 0.717) is 6.42 Å². The molecular weight excluding hydrogens is 272 g/mol. The van der Waals surface area contributed by atoms with Crippen LogP contribution in [0.15, 0.2) is 23.1 Å². The molecule has 0 aromatic heterocycles. The molecule has 1 aliphatic carbocycles. The van der Waals surface area contributed by atoms with Crippen molar-refractivity contribution in [3.8, 4) is 0 Å². The Hall–Kier alpha value is -1.01. The molecule has 0 spiro atoms. The Kier molecular flexibility index (Phi) is 3.92. The monoisotopic (exact) mass is 289 g/mol. The largest absolute Gasteiger partial charge is 0.317 e. The van der Waals surface area contributed by atoms with Crippen LogP contribution in [0.3, 0.4) is 0 Å². The maximum absolute atomic E-state index is 13.2. The van der Waals surface area contributed by atoms with Crippen molar-refractivity contribution in [2.75, 3.05) is 7.05 Å². The zero-order valence-electron chi connectivity index (χ0n) is 10.9. The van der Waals surface area contributed by atoms with Crippen molar-refractivity contribution in [1.82, 2.24) is 5.32 Å². The molecule has 1 N–H and O–H groups in total. The summed E-state index contributed by atoms with van der Waals surface area (Å²) < 4.78 is 51.0. The first-order valence-electron chi connectivity index (χ1n) is 6.24. The van der Waals surface area contributed by atoms with Crippen molar-refractivity contribution in [3.63, 3.8) is 0 Å². The molecule has 3 unspecified atom stereocenters. The molecule has 0 amide bonds. The van der Waals surface area contributed by atoms with Crippen molar-refractivity contribution in [3.05, 3.63) is 29.8 Å². The van der Waals surface area contributed by atoms with Crippen LogP contribution < -0.4 is 5.32 Å². The highest BCUT2D eigenvalue weighted by molar-refractivity contribution is 7.92. The Labute approximate surface area is 111 Å². The molecule has 3 atom stereocenters. The van der Waals surface area contributed by atoms with Crippen LogP contribution in [0.2, 0.25) is 0 Å². The highest BCUT2D eigenvalue weighted by Gasteiger charge is 2.41. The van der Waals surface area contributed by atoms with Gasteiger partial charge in [0, 0.05) is 6.04 Å². The Morgan fingerprint density at radius 2 is 1.89 bits per heavy atom. The van der Waals surface area contributed by atoms with Gasteiger partial charge in [0.1, 0.15) is 0 Å². The molecule has 0 bridgehead atoms. The van der Waals surface area contributed by atoms with Crippen LogP contribution in [0, 0.1) is 17.6 Å². The minimum atomic E-state index is -3.62. The maximum atomic E-state index is 13.2. The normalized spacial score (nSPS) is 27.7. The van der Waals surface area contributed by atoms with Gasteiger partial charge in [-0.2, -0.15) is 0 Å². The number of hydrogen-bond acceptors (Lipinski definition) is 3. The quantitative estimate of drug-likeness (QED) is 0.867. The van der Waals surface area contributed by atoms with E-state index >= 15 is 0 Å². The van der Waals surface area contributed by atoms with Gasteiger partial charge < -0.3 is 5.32 Å². The van der Waals surface area contributed by atoms with Crippen LogP contribution in [0.4, 0.5) is 8.78 Å². The van der Waals surface area contributed by atoms with Crippen molar-refractivity contribution >= 4 is 9.84 Å². The predicted octanol–water partition coefficient (Wildman–Crippen LogP) is 2.12. The molecular formula is C13H17F2NO2S. The lowest BCUT2D eigenvalue weighted by Crippen LogP contribution is -2.34. The van der Waals surface area contributed by atoms with Crippen LogP contribution in [0.5, 0.6) is 0 Å². The van der Waals surface area contributed by atoms with Crippen LogP contribution >= 0.6 is 0 Å². The average molecular weight is 289 g/mol. The van der Waals surface area contributed by atoms with E-state index in [4.69, 9.17) is 0 Å². The smallest absolute Gasteiger partial charge is 0.181 e. The first-order chi connectivity index (χ1) is 8.87. The third-order valence-electron chi connectivity index (χ3n) is 3.97. The lowest BCUT2D eigenvalue weighted by atomic mass is 10.1. The summed E-state index contributed by atoms with van der Waals surface area (Å²) in [6.45, 7) is 1.87. The topological polar surface area (TPSA) is 46.2 Å². The summed E-state index contributed by atoms with van der Waals surface area (Å²) in [5.74, 6) is -2.22. The summed E-state index contributed by atoms with van der Waals surface area (Å²) in [6, 6.07) is 2.90. The minimum absolute atomic E-state index is 0.0527. The fraction of sp³-hybridized carbons (Fsp3) is 0.538. The molecule has 1 aromatic rings. The zero-order chi connectivity index (χ0) is 14.2. The molecule has 0 radical (unpaired) electrons. The molecule has 1 fully saturated rings. The van der Waals surface area contributed by atoms with Gasteiger partial charge in [-0.25, -0.2) is 17.2 Å². The molecule has 0 saturated heterocycles. The second-order valence-electron chi connectivity index (χ2n) is 4.99. The molecule has 2 rings (SSSR count). The zero-order valence-corrected chi connectivity index (χ0v) is 11.7. The summed E-state index contributed by atoms with van der Waals surface area (Å²) in [5, 5.41) is 2.54. The van der Waals surface area contributed by atoms with Gasteiger partial charge in [-0.05, 0) is 44.0 Å². The van der Waals surface area contributed by atoms with E-state index < -0.39 is 26.7 Å². The number of halogens is 2. The van der Waals surface area contributed by atoms with Crippen LogP contribution in [-0.2, 0) is 9.84 Å². The van der Waals surface area contributed by atoms with Crippen molar-refractivity contribution < 1.29 is 17.2 Å². The number of sulfone groups is 1. The number of hydrogen-bond donors (Lipinski definition) is 1. The molecule has 3 nitrogen and oxygen atoms in total. The van der Waals surface area contributed by atoms with Gasteiger partial charge in [0.2, 0.25) is 0 Å². The molecule has 1 aliphatic rings. The van der Waals surface area contributed by atoms with Gasteiger partial charge >= 0.3 is 0 Å². The lowest BCUT2D eigenvalue weighted by Gasteiger charge is -2.20. The van der Waals surface area contributed by atoms with E-state index in [2.05, 4.69) is 5.32 Å². The lowest BCUT2D eigenvalue weighted by molar-refractivity contribution is 0.452. The predicted molar refractivity (Wildman–Crippen MR) is 68.6 cm³/mol. The molecule has 0 aliphatic heterocycles. The molecule has 106 valence electrons. The highest BCUT2D eigenvalue weighted by Crippen LogP contribution is 2.34. The summed E-state index contributed by atoms with van der Waals surface area (Å²) in [7, 11) is -1.82. The van der Waals surface area contributed by atoms with Gasteiger partial charge in [0.25, 0.3) is 0 Å². The molecule has 1 aromatic carbocycles. The summed E-state index contributed by atoms with van der Waals surface area (Å²) >= 11 is 0. The fourth-order valence-corrected chi connectivity index (χ4v) is 4.88. The SMILES string of the molecule is CNC1CCC(S(=O)(=O)c2ccc(F)c(F)c2)C1C. The number of rotatable bonds is 3. The Balaban J connectivity index is 2.35. The van der Waals surface area contributed by atoms with Gasteiger partial charge in [-0.15, -0.1) is 0 Å². The van der Waals surface area contributed by atoms with E-state index in [-0.39, 0.29) is 16.9 Å². The van der Waals surface area contributed by atoms with Crippen molar-refractivity contribution in [1.29, 1.82) is 0 Å². The summed E-state index contributed by atoms with van der Waals surface area (Å²) in [4.78, 5) is -0.139. The second-order valence-corrected chi connectivity index (χ2v) is 7.16. The van der Waals surface area contributed by atoms with Crippen molar-refractivity contribution in [2.45, 2.75) is 36.0 Å². The first kappa shape index (κ1) is 14.4. The third-order valence-corrected chi connectivity index (χ3v) is 6.35. The first-order valence-corrected chi connectivity index (χ1v) is 7.78. The van der Waals surface area contributed by atoms with Crippen LogP contribution in [0.25, 0.3) is 0 Å². The standard InChI is InChI=1S/C13H17F2NO2S/c1-8-12(16-2)5-6-13(8)19(17,18)9-3-4-10(14)11(15)7-9/h3-4,7-8,12-13,16H,5-6H2,1-2H3. The van der Waals surface area contributed by atoms with Crippen molar-refractivity contribution in [2.24, 2.45) is 5.92 Å². The minimum Gasteiger partial charge on any atom is -0.317 e. The second kappa shape index (κ2) is 5.17. The van der Waals surface area contributed by atoms with E-state index in [1.165, 1.54) is 0 Å². The average Bonchev–Trinajstić information content (AvgIpc) is 2.74. The van der Waals surface area contributed by atoms with E-state index in [1.807, 2.05) is 6.92 Å². The van der Waals surface area contributed by atoms with Crippen LogP contribution in [0.1, 0.15) is 19.8 Å². The Morgan fingerprint density at radius 1 is 1.21 bits per heavy atom. The van der Waals surface area contributed by atoms with Gasteiger partial charge in [-0.3, -0.25) is 0 Å². The Morgan fingerprint density at radius 3 is 2.42 bits per heavy atom. The summed E-state index contributed by atoms with van der Waals surface area (Å²) in [5.41, 5.74) is 0. The number of benzene rings is 1. The fourth-order valence-electron chi connectivity index (χ4n) is 2.80. The molecule has 0 heterocycles. The summed E-state index contributed by atoms with van der Waals surface area (Å²) in [6.07, 6.45) is 1.30. The highest BCUT2D eigenvalue weighted by atomic mass is 32.2. The van der Waals surface area contributed by atoms with Gasteiger partial charge in [-0.1, -0.05) is 6.92 Å². The van der Waals surface area contributed by atoms with Gasteiger partial charge in [0.15, 0.2) is 21.5 Å². The number of nitrogens with one attached hydrogen (secondary N) is 1.